The Bertz CT molecular complexity index is 386. The van der Waals surface area contributed by atoms with Gasteiger partial charge in [0.05, 0.1) is 0 Å². The van der Waals surface area contributed by atoms with Gasteiger partial charge in [-0.2, -0.15) is 13.2 Å². The summed E-state index contributed by atoms with van der Waals surface area (Å²) in [5.74, 6) is 0. The maximum atomic E-state index is 11.9. The molecule has 0 spiro atoms. The van der Waals surface area contributed by atoms with Crippen LogP contribution >= 0.6 is 0 Å². The molecule has 4 nitrogen and oxygen atoms in total. The Morgan fingerprint density at radius 1 is 1.31 bits per heavy atom. The first-order chi connectivity index (χ1) is 5.86. The van der Waals surface area contributed by atoms with Crippen LogP contribution in [-0.2, 0) is 9.84 Å². The predicted molar refractivity (Wildman–Crippen MR) is 35.3 cm³/mol. The summed E-state index contributed by atoms with van der Waals surface area (Å²) < 4.78 is 56.9. The van der Waals surface area contributed by atoms with Crippen molar-refractivity contribution in [3.63, 3.8) is 0 Å². The van der Waals surface area contributed by atoms with Gasteiger partial charge in [-0.15, -0.1) is 0 Å². The number of alkyl halides is 3. The first-order valence-electron chi connectivity index (χ1n) is 2.93. The number of sulfone groups is 1. The minimum Gasteiger partial charge on any atom is -0.245 e. The van der Waals surface area contributed by atoms with Crippen LogP contribution in [0.1, 0.15) is 0 Å². The van der Waals surface area contributed by atoms with E-state index in [2.05, 4.69) is 9.97 Å². The standard InChI is InChI=1S/C5H3F3N2O2S/c6-5(7,8)13(11,12)4-1-2-9-3-10-4/h1-3H. The molecule has 0 atom stereocenters. The quantitative estimate of drug-likeness (QED) is 0.645. The van der Waals surface area contributed by atoms with Gasteiger partial charge < -0.3 is 0 Å². The smallest absolute Gasteiger partial charge is 0.245 e. The molecule has 72 valence electrons. The van der Waals surface area contributed by atoms with Gasteiger partial charge in [-0.3, -0.25) is 0 Å². The fourth-order valence-electron chi connectivity index (χ4n) is 0.556. The molecule has 0 fully saturated rings. The monoisotopic (exact) mass is 212 g/mol. The lowest BCUT2D eigenvalue weighted by Gasteiger charge is -2.05. The second kappa shape index (κ2) is 2.95. The Balaban J connectivity index is 3.26. The van der Waals surface area contributed by atoms with Crippen molar-refractivity contribution in [2.75, 3.05) is 0 Å². The van der Waals surface area contributed by atoms with Crippen molar-refractivity contribution in [2.45, 2.75) is 10.5 Å². The molecule has 0 saturated carbocycles. The fourth-order valence-corrected chi connectivity index (χ4v) is 1.22. The molecule has 1 rings (SSSR count). The highest BCUT2D eigenvalue weighted by Gasteiger charge is 2.47. The second-order valence-corrected chi connectivity index (χ2v) is 3.88. The topological polar surface area (TPSA) is 59.9 Å². The highest BCUT2D eigenvalue weighted by atomic mass is 32.2. The molecule has 0 amide bonds. The lowest BCUT2D eigenvalue weighted by molar-refractivity contribution is -0.0438. The molecule has 1 aromatic rings. The van der Waals surface area contributed by atoms with E-state index in [0.717, 1.165) is 12.5 Å². The molecule has 0 bridgehead atoms. The van der Waals surface area contributed by atoms with E-state index >= 15 is 0 Å². The van der Waals surface area contributed by atoms with Crippen LogP contribution in [0.25, 0.3) is 0 Å². The normalized spacial score (nSPS) is 12.8. The van der Waals surface area contributed by atoms with Gasteiger partial charge in [-0.1, -0.05) is 0 Å². The van der Waals surface area contributed by atoms with E-state index in [4.69, 9.17) is 0 Å². The maximum Gasteiger partial charge on any atom is 0.503 e. The largest absolute Gasteiger partial charge is 0.503 e. The van der Waals surface area contributed by atoms with Gasteiger partial charge in [-0.05, 0) is 6.07 Å². The Morgan fingerprint density at radius 3 is 2.31 bits per heavy atom. The lowest BCUT2D eigenvalue weighted by Crippen LogP contribution is -2.24. The summed E-state index contributed by atoms with van der Waals surface area (Å²) in [7, 11) is -5.33. The fraction of sp³-hybridized carbons (Fsp3) is 0.200. The summed E-state index contributed by atoms with van der Waals surface area (Å²) in [6.07, 6.45) is 1.66. The van der Waals surface area contributed by atoms with Crippen molar-refractivity contribution >= 4 is 9.84 Å². The Hall–Kier alpha value is -1.18. The Kier molecular flexibility index (Phi) is 2.24. The van der Waals surface area contributed by atoms with Crippen molar-refractivity contribution in [3.8, 4) is 0 Å². The van der Waals surface area contributed by atoms with Gasteiger partial charge in [-0.25, -0.2) is 18.4 Å². The molecule has 1 heterocycles. The van der Waals surface area contributed by atoms with Gasteiger partial charge in [0, 0.05) is 6.20 Å². The average Bonchev–Trinajstić information content (AvgIpc) is 2.04. The van der Waals surface area contributed by atoms with Crippen LogP contribution in [0.3, 0.4) is 0 Å². The molecule has 8 heteroatoms. The maximum absolute atomic E-state index is 11.9. The van der Waals surface area contributed by atoms with Crippen LogP contribution in [-0.4, -0.2) is 23.9 Å². The summed E-state index contributed by atoms with van der Waals surface area (Å²) in [5.41, 5.74) is -5.32. The molecule has 0 N–H and O–H groups in total. The zero-order chi connectivity index (χ0) is 10.1. The Labute approximate surface area is 71.4 Å². The van der Waals surface area contributed by atoms with Crippen LogP contribution in [0, 0.1) is 0 Å². The van der Waals surface area contributed by atoms with Crippen molar-refractivity contribution in [1.82, 2.24) is 9.97 Å². The van der Waals surface area contributed by atoms with Crippen LogP contribution in [0.2, 0.25) is 0 Å². The van der Waals surface area contributed by atoms with Crippen molar-refractivity contribution in [3.05, 3.63) is 18.6 Å². The third-order valence-corrected chi connectivity index (χ3v) is 2.54. The molecule has 0 aliphatic rings. The lowest BCUT2D eigenvalue weighted by atomic mass is 10.7. The highest BCUT2D eigenvalue weighted by Crippen LogP contribution is 2.28. The van der Waals surface area contributed by atoms with Crippen LogP contribution < -0.4 is 0 Å². The number of hydrogen-bond donors (Lipinski definition) is 0. The van der Waals surface area contributed by atoms with E-state index < -0.39 is 20.4 Å². The van der Waals surface area contributed by atoms with Crippen LogP contribution in [0.15, 0.2) is 23.6 Å². The third-order valence-electron chi connectivity index (χ3n) is 1.13. The molecule has 0 unspecified atom stereocenters. The zero-order valence-corrected chi connectivity index (χ0v) is 6.80. The van der Waals surface area contributed by atoms with Gasteiger partial charge >= 0.3 is 5.51 Å². The summed E-state index contributed by atoms with van der Waals surface area (Å²) >= 11 is 0. The van der Waals surface area contributed by atoms with Crippen LogP contribution in [0.4, 0.5) is 13.2 Å². The summed E-state index contributed by atoms with van der Waals surface area (Å²) in [6.45, 7) is 0. The van der Waals surface area contributed by atoms with Gasteiger partial charge in [0.25, 0.3) is 9.84 Å². The minimum absolute atomic E-state index is 0.683. The van der Waals surface area contributed by atoms with Crippen LogP contribution in [0.5, 0.6) is 0 Å². The molecule has 0 saturated heterocycles. The first-order valence-corrected chi connectivity index (χ1v) is 4.41. The van der Waals surface area contributed by atoms with Gasteiger partial charge in [0.15, 0.2) is 5.03 Å². The SMILES string of the molecule is O=S(=O)(c1ccncn1)C(F)(F)F. The summed E-state index contributed by atoms with van der Waals surface area (Å²) in [5, 5.41) is -1.05. The molecule has 0 aromatic carbocycles. The molecule has 1 aromatic heterocycles. The van der Waals surface area contributed by atoms with Crippen molar-refractivity contribution in [1.29, 1.82) is 0 Å². The number of halogens is 3. The molecular weight excluding hydrogens is 209 g/mol. The third kappa shape index (κ3) is 1.77. The molecule has 0 aliphatic carbocycles. The van der Waals surface area contributed by atoms with E-state index in [1.807, 2.05) is 0 Å². The van der Waals surface area contributed by atoms with E-state index in [-0.39, 0.29) is 0 Å². The number of aromatic nitrogens is 2. The number of nitrogens with zero attached hydrogens (tertiary/aromatic N) is 2. The van der Waals surface area contributed by atoms with Crippen molar-refractivity contribution in [2.24, 2.45) is 0 Å². The molecular formula is C5H3F3N2O2S. The van der Waals surface area contributed by atoms with Gasteiger partial charge in [0.2, 0.25) is 0 Å². The zero-order valence-electron chi connectivity index (χ0n) is 5.99. The minimum atomic E-state index is -5.33. The number of rotatable bonds is 1. The van der Waals surface area contributed by atoms with E-state index in [1.165, 1.54) is 0 Å². The van der Waals surface area contributed by atoms with Gasteiger partial charge in [0.1, 0.15) is 6.33 Å². The second-order valence-electron chi connectivity index (χ2n) is 2.00. The first kappa shape index (κ1) is 9.90. The number of hydrogen-bond acceptors (Lipinski definition) is 4. The van der Waals surface area contributed by atoms with E-state index in [1.54, 1.807) is 0 Å². The highest BCUT2D eigenvalue weighted by molar-refractivity contribution is 7.92. The summed E-state index contributed by atoms with van der Waals surface area (Å²) in [6, 6.07) is 0.683. The molecule has 0 aliphatic heterocycles. The Morgan fingerprint density at radius 2 is 1.92 bits per heavy atom. The summed E-state index contributed by atoms with van der Waals surface area (Å²) in [4.78, 5) is 6.30. The van der Waals surface area contributed by atoms with E-state index in [0.29, 0.717) is 6.07 Å². The van der Waals surface area contributed by atoms with E-state index in [9.17, 15) is 21.6 Å². The van der Waals surface area contributed by atoms with Crippen molar-refractivity contribution < 1.29 is 21.6 Å². The molecule has 13 heavy (non-hydrogen) atoms. The average molecular weight is 212 g/mol. The molecule has 0 radical (unpaired) electrons. The predicted octanol–water partition coefficient (Wildman–Crippen LogP) is 0.770.